The van der Waals surface area contributed by atoms with E-state index in [1.807, 2.05) is 48.5 Å². The summed E-state index contributed by atoms with van der Waals surface area (Å²) in [5.74, 6) is 0.359. The molecule has 2 rings (SSSR count). The zero-order valence-electron chi connectivity index (χ0n) is 11.5. The smallest absolute Gasteiger partial charge is 0.308 e. The van der Waals surface area contributed by atoms with Crippen LogP contribution in [0.1, 0.15) is 25.3 Å². The van der Waals surface area contributed by atoms with Crippen molar-refractivity contribution in [2.24, 2.45) is 0 Å². The van der Waals surface area contributed by atoms with E-state index >= 15 is 0 Å². The Balaban J connectivity index is 2.09. The maximum Gasteiger partial charge on any atom is 0.323 e. The van der Waals surface area contributed by atoms with Gasteiger partial charge >= 0.3 is 6.03 Å². The molecule has 2 amide bonds. The molecule has 0 aliphatic heterocycles. The zero-order chi connectivity index (χ0) is 14.5. The summed E-state index contributed by atoms with van der Waals surface area (Å²) in [5, 5.41) is 5.71. The Bertz CT molecular complexity index is 611. The van der Waals surface area contributed by atoms with Gasteiger partial charge in [-0.1, -0.05) is 54.0 Å². The van der Waals surface area contributed by atoms with Crippen LogP contribution in [0.4, 0.5) is 16.2 Å². The Hall–Kier alpha value is -1.81. The van der Waals surface area contributed by atoms with E-state index in [1.165, 1.54) is 0 Å². The van der Waals surface area contributed by atoms with E-state index in [4.69, 9.17) is 0 Å². The Kier molecular flexibility index (Phi) is 4.79. The monoisotopic (exact) mass is 332 g/mol. The number of amides is 2. The summed E-state index contributed by atoms with van der Waals surface area (Å²) in [6.45, 7) is 4.21. The summed E-state index contributed by atoms with van der Waals surface area (Å²) in [6.07, 6.45) is 0. The summed E-state index contributed by atoms with van der Waals surface area (Å²) < 4.78 is 0.929. The van der Waals surface area contributed by atoms with Crippen molar-refractivity contribution in [2.75, 3.05) is 10.6 Å². The standard InChI is InChI=1S/C16H17BrN2O/c1-11(2)14-8-3-4-9-15(14)19-16(20)18-13-7-5-6-12(17)10-13/h3-11H,1-2H3,(H2,18,19,20). The van der Waals surface area contributed by atoms with Crippen molar-refractivity contribution in [3.05, 3.63) is 58.6 Å². The summed E-state index contributed by atoms with van der Waals surface area (Å²) in [7, 11) is 0. The molecule has 4 heteroatoms. The highest BCUT2D eigenvalue weighted by atomic mass is 79.9. The van der Waals surface area contributed by atoms with Gasteiger partial charge in [-0.25, -0.2) is 4.79 Å². The highest BCUT2D eigenvalue weighted by Gasteiger charge is 2.09. The van der Waals surface area contributed by atoms with Crippen LogP contribution in [0, 0.1) is 0 Å². The van der Waals surface area contributed by atoms with E-state index in [2.05, 4.69) is 40.4 Å². The predicted molar refractivity (Wildman–Crippen MR) is 87.3 cm³/mol. The van der Waals surface area contributed by atoms with Crippen LogP contribution >= 0.6 is 15.9 Å². The molecule has 0 atom stereocenters. The van der Waals surface area contributed by atoms with E-state index in [-0.39, 0.29) is 6.03 Å². The lowest BCUT2D eigenvalue weighted by Crippen LogP contribution is -2.20. The summed E-state index contributed by atoms with van der Waals surface area (Å²) in [5.41, 5.74) is 2.71. The minimum atomic E-state index is -0.240. The third-order valence-electron chi connectivity index (χ3n) is 2.91. The summed E-state index contributed by atoms with van der Waals surface area (Å²) >= 11 is 3.38. The van der Waals surface area contributed by atoms with E-state index in [0.29, 0.717) is 5.92 Å². The third-order valence-corrected chi connectivity index (χ3v) is 3.41. The molecule has 0 aliphatic carbocycles. The number of carbonyl (C=O) groups is 1. The lowest BCUT2D eigenvalue weighted by atomic mass is 10.0. The van der Waals surface area contributed by atoms with Gasteiger partial charge < -0.3 is 10.6 Å². The lowest BCUT2D eigenvalue weighted by Gasteiger charge is -2.14. The molecule has 2 aromatic carbocycles. The van der Waals surface area contributed by atoms with E-state index in [0.717, 1.165) is 21.4 Å². The Morgan fingerprint density at radius 3 is 2.50 bits per heavy atom. The Morgan fingerprint density at radius 2 is 1.80 bits per heavy atom. The second kappa shape index (κ2) is 6.57. The molecule has 0 heterocycles. The fourth-order valence-corrected chi connectivity index (χ4v) is 2.36. The molecule has 0 bridgehead atoms. The number of hydrogen-bond acceptors (Lipinski definition) is 1. The Morgan fingerprint density at radius 1 is 1.05 bits per heavy atom. The highest BCUT2D eigenvalue weighted by Crippen LogP contribution is 2.24. The van der Waals surface area contributed by atoms with E-state index in [9.17, 15) is 4.79 Å². The van der Waals surface area contributed by atoms with Crippen molar-refractivity contribution in [2.45, 2.75) is 19.8 Å². The van der Waals surface area contributed by atoms with Crippen LogP contribution < -0.4 is 10.6 Å². The number of urea groups is 1. The van der Waals surface area contributed by atoms with Crippen LogP contribution in [0.5, 0.6) is 0 Å². The SMILES string of the molecule is CC(C)c1ccccc1NC(=O)Nc1cccc(Br)c1. The Labute approximate surface area is 127 Å². The first-order chi connectivity index (χ1) is 9.56. The van der Waals surface area contributed by atoms with Crippen LogP contribution in [0.15, 0.2) is 53.0 Å². The molecule has 0 aromatic heterocycles. The van der Waals surface area contributed by atoms with E-state index < -0.39 is 0 Å². The number of halogens is 1. The van der Waals surface area contributed by atoms with Crippen molar-refractivity contribution >= 4 is 33.3 Å². The maximum absolute atomic E-state index is 12.0. The first-order valence-electron chi connectivity index (χ1n) is 6.49. The van der Waals surface area contributed by atoms with Gasteiger partial charge in [0.05, 0.1) is 0 Å². The first-order valence-corrected chi connectivity index (χ1v) is 7.28. The first kappa shape index (κ1) is 14.6. The normalized spacial score (nSPS) is 10.4. The zero-order valence-corrected chi connectivity index (χ0v) is 13.1. The number of para-hydroxylation sites is 1. The molecule has 0 aliphatic rings. The van der Waals surface area contributed by atoms with Crippen molar-refractivity contribution in [1.82, 2.24) is 0 Å². The van der Waals surface area contributed by atoms with Crippen LogP contribution in [-0.4, -0.2) is 6.03 Å². The van der Waals surface area contributed by atoms with Gasteiger partial charge in [0.2, 0.25) is 0 Å². The second-order valence-corrected chi connectivity index (χ2v) is 5.75. The third kappa shape index (κ3) is 3.84. The van der Waals surface area contributed by atoms with Crippen molar-refractivity contribution < 1.29 is 4.79 Å². The quantitative estimate of drug-likeness (QED) is 0.795. The van der Waals surface area contributed by atoms with E-state index in [1.54, 1.807) is 0 Å². The summed E-state index contributed by atoms with van der Waals surface area (Å²) in [6, 6.07) is 15.1. The van der Waals surface area contributed by atoms with Gasteiger partial charge in [-0.05, 0) is 35.7 Å². The van der Waals surface area contributed by atoms with Crippen molar-refractivity contribution in [1.29, 1.82) is 0 Å². The van der Waals surface area contributed by atoms with Gasteiger partial charge in [0.1, 0.15) is 0 Å². The molecule has 0 unspecified atom stereocenters. The van der Waals surface area contributed by atoms with Crippen molar-refractivity contribution in [3.8, 4) is 0 Å². The van der Waals surface area contributed by atoms with Gasteiger partial charge in [-0.15, -0.1) is 0 Å². The molecule has 0 fully saturated rings. The molecule has 0 saturated carbocycles. The maximum atomic E-state index is 12.0. The minimum absolute atomic E-state index is 0.240. The molecule has 2 N–H and O–H groups in total. The molecule has 2 aromatic rings. The highest BCUT2D eigenvalue weighted by molar-refractivity contribution is 9.10. The second-order valence-electron chi connectivity index (χ2n) is 4.83. The number of rotatable bonds is 3. The van der Waals surface area contributed by atoms with Crippen LogP contribution in [-0.2, 0) is 0 Å². The number of carbonyl (C=O) groups excluding carboxylic acids is 1. The molecule has 0 spiro atoms. The number of nitrogens with one attached hydrogen (secondary N) is 2. The summed E-state index contributed by atoms with van der Waals surface area (Å²) in [4.78, 5) is 12.0. The average Bonchev–Trinajstić information content (AvgIpc) is 2.38. The van der Waals surface area contributed by atoms with Gasteiger partial charge in [0.15, 0.2) is 0 Å². The fourth-order valence-electron chi connectivity index (χ4n) is 1.97. The number of benzene rings is 2. The molecule has 0 radical (unpaired) electrons. The van der Waals surface area contributed by atoms with Crippen LogP contribution in [0.3, 0.4) is 0 Å². The predicted octanol–water partition coefficient (Wildman–Crippen LogP) is 5.22. The van der Waals surface area contributed by atoms with Crippen LogP contribution in [0.2, 0.25) is 0 Å². The van der Waals surface area contributed by atoms with Crippen molar-refractivity contribution in [3.63, 3.8) is 0 Å². The van der Waals surface area contributed by atoms with Gasteiger partial charge in [-0.3, -0.25) is 0 Å². The van der Waals surface area contributed by atoms with Gasteiger partial charge in [0, 0.05) is 15.8 Å². The molecule has 3 nitrogen and oxygen atoms in total. The minimum Gasteiger partial charge on any atom is -0.308 e. The number of anilines is 2. The molecular formula is C16H17BrN2O. The topological polar surface area (TPSA) is 41.1 Å². The molecular weight excluding hydrogens is 316 g/mol. The molecule has 0 saturated heterocycles. The van der Waals surface area contributed by atoms with Crippen LogP contribution in [0.25, 0.3) is 0 Å². The fraction of sp³-hybridized carbons (Fsp3) is 0.188. The van der Waals surface area contributed by atoms with Gasteiger partial charge in [-0.2, -0.15) is 0 Å². The number of hydrogen-bond donors (Lipinski definition) is 2. The largest absolute Gasteiger partial charge is 0.323 e. The average molecular weight is 333 g/mol. The van der Waals surface area contributed by atoms with Gasteiger partial charge in [0.25, 0.3) is 0 Å². The lowest BCUT2D eigenvalue weighted by molar-refractivity contribution is 0.262. The molecule has 20 heavy (non-hydrogen) atoms. The molecule has 104 valence electrons.